The van der Waals surface area contributed by atoms with Gasteiger partial charge in [-0.25, -0.2) is 0 Å². The van der Waals surface area contributed by atoms with Crippen LogP contribution in [-0.2, 0) is 4.65 Å². The number of allylic oxidation sites excluding steroid dienone is 1. The van der Waals surface area contributed by atoms with Crippen LogP contribution >= 0.6 is 0 Å². The molecule has 0 aromatic carbocycles. The van der Waals surface area contributed by atoms with E-state index in [-0.39, 0.29) is 7.69 Å². The van der Waals surface area contributed by atoms with Gasteiger partial charge in [0.25, 0.3) is 0 Å². The summed E-state index contributed by atoms with van der Waals surface area (Å²) in [6, 6.07) is 0. The van der Waals surface area contributed by atoms with Crippen LogP contribution < -0.4 is 0 Å². The summed E-state index contributed by atoms with van der Waals surface area (Å²) in [5.74, 6) is 1.12. The Kier molecular flexibility index (Phi) is 6.12. The zero-order chi connectivity index (χ0) is 9.56. The van der Waals surface area contributed by atoms with Crippen molar-refractivity contribution >= 4 is 7.69 Å². The Balaban J connectivity index is 4.00. The van der Waals surface area contributed by atoms with E-state index in [2.05, 4.69) is 33.8 Å². The minimum absolute atomic E-state index is 0.194. The van der Waals surface area contributed by atoms with Crippen molar-refractivity contribution in [1.29, 1.82) is 0 Å². The minimum atomic E-state index is -0.194. The highest BCUT2D eigenvalue weighted by molar-refractivity contribution is 6.15. The van der Waals surface area contributed by atoms with E-state index in [9.17, 15) is 0 Å². The van der Waals surface area contributed by atoms with Gasteiger partial charge in [0, 0.05) is 6.61 Å². The molecule has 0 radical (unpaired) electrons. The molecule has 0 aromatic heterocycles. The molecule has 12 heavy (non-hydrogen) atoms. The van der Waals surface area contributed by atoms with Gasteiger partial charge in [-0.05, 0) is 11.8 Å². The van der Waals surface area contributed by atoms with Gasteiger partial charge in [0.05, 0.1) is 0 Å². The van der Waals surface area contributed by atoms with Crippen molar-refractivity contribution in [3.63, 3.8) is 0 Å². The van der Waals surface area contributed by atoms with E-state index in [1.165, 1.54) is 5.57 Å². The van der Waals surface area contributed by atoms with Gasteiger partial charge in [0.15, 0.2) is 0 Å². The normalized spacial score (nSPS) is 10.6. The van der Waals surface area contributed by atoms with Crippen LogP contribution in [0.2, 0.25) is 0 Å². The highest BCUT2D eigenvalue weighted by Crippen LogP contribution is 2.18. The highest BCUT2D eigenvalue weighted by Gasteiger charge is 2.06. The van der Waals surface area contributed by atoms with Gasteiger partial charge in [-0.3, -0.25) is 0 Å². The van der Waals surface area contributed by atoms with Gasteiger partial charge in [-0.2, -0.15) is 0 Å². The molecular formula is C9H19BO2. The Bertz CT molecular complexity index is 131. The molecule has 0 spiro atoms. The van der Waals surface area contributed by atoms with Crippen molar-refractivity contribution in [2.45, 2.75) is 27.7 Å². The quantitative estimate of drug-likeness (QED) is 0.385. The highest BCUT2D eigenvalue weighted by atomic mass is 16.5. The van der Waals surface area contributed by atoms with E-state index in [0.717, 1.165) is 0 Å². The van der Waals surface area contributed by atoms with Crippen molar-refractivity contribution in [2.75, 3.05) is 6.61 Å². The molecule has 0 heterocycles. The summed E-state index contributed by atoms with van der Waals surface area (Å²) in [6.07, 6.45) is 2.06. The van der Waals surface area contributed by atoms with Crippen LogP contribution in [0.4, 0.5) is 0 Å². The second-order valence-corrected chi connectivity index (χ2v) is 3.51. The van der Waals surface area contributed by atoms with Crippen LogP contribution in [0.3, 0.4) is 0 Å². The average molecular weight is 170 g/mol. The maximum absolute atomic E-state index is 8.40. The van der Waals surface area contributed by atoms with Crippen molar-refractivity contribution in [3.05, 3.63) is 11.6 Å². The van der Waals surface area contributed by atoms with Gasteiger partial charge >= 0.3 is 7.69 Å². The molecular weight excluding hydrogens is 151 g/mol. The molecule has 0 aliphatic rings. The molecule has 1 N–H and O–H groups in total. The molecule has 70 valence electrons. The lowest BCUT2D eigenvalue weighted by atomic mass is 9.92. The molecule has 0 aliphatic heterocycles. The summed E-state index contributed by atoms with van der Waals surface area (Å²) >= 11 is 0. The molecule has 2 nitrogen and oxygen atoms in total. The maximum atomic E-state index is 8.40. The molecule has 3 heteroatoms. The van der Waals surface area contributed by atoms with Crippen LogP contribution in [0.25, 0.3) is 0 Å². The average Bonchev–Trinajstić information content (AvgIpc) is 1.96. The van der Waals surface area contributed by atoms with E-state index in [1.54, 1.807) is 0 Å². The zero-order valence-electron chi connectivity index (χ0n) is 8.50. The molecule has 0 atom stereocenters. The van der Waals surface area contributed by atoms with Gasteiger partial charge < -0.3 is 9.68 Å². The first-order valence-electron chi connectivity index (χ1n) is 4.48. The fourth-order valence-electron chi connectivity index (χ4n) is 1.35. The van der Waals surface area contributed by atoms with E-state index in [1.807, 2.05) is 0 Å². The lowest BCUT2D eigenvalue weighted by Crippen LogP contribution is -2.05. The van der Waals surface area contributed by atoms with Crippen LogP contribution in [0.15, 0.2) is 11.6 Å². The predicted molar refractivity (Wildman–Crippen MR) is 53.1 cm³/mol. The van der Waals surface area contributed by atoms with Crippen LogP contribution in [0, 0.1) is 11.8 Å². The molecule has 0 aliphatic carbocycles. The van der Waals surface area contributed by atoms with Crippen LogP contribution in [-0.4, -0.2) is 19.3 Å². The SMILES string of the molecule is CC(C)C(=CCOBO)C(C)C. The Hall–Kier alpha value is -0.275. The fourth-order valence-corrected chi connectivity index (χ4v) is 1.35. The summed E-state index contributed by atoms with van der Waals surface area (Å²) in [4.78, 5) is 0. The van der Waals surface area contributed by atoms with Crippen LogP contribution in [0.5, 0.6) is 0 Å². The third-order valence-electron chi connectivity index (χ3n) is 1.86. The lowest BCUT2D eigenvalue weighted by Gasteiger charge is -2.15. The van der Waals surface area contributed by atoms with E-state index < -0.39 is 0 Å². The molecule has 0 amide bonds. The third-order valence-corrected chi connectivity index (χ3v) is 1.86. The van der Waals surface area contributed by atoms with E-state index in [4.69, 9.17) is 9.68 Å². The largest absolute Gasteiger partial charge is 0.435 e. The van der Waals surface area contributed by atoms with Crippen molar-refractivity contribution in [1.82, 2.24) is 0 Å². The summed E-state index contributed by atoms with van der Waals surface area (Å²) in [5.41, 5.74) is 1.39. The minimum Gasteiger partial charge on any atom is -0.430 e. The van der Waals surface area contributed by atoms with Gasteiger partial charge in [-0.15, -0.1) is 0 Å². The summed E-state index contributed by atoms with van der Waals surface area (Å²) in [6.45, 7) is 9.20. The smallest absolute Gasteiger partial charge is 0.430 e. The first kappa shape index (κ1) is 11.7. The Morgan fingerprint density at radius 3 is 2.17 bits per heavy atom. The third kappa shape index (κ3) is 4.57. The van der Waals surface area contributed by atoms with E-state index >= 15 is 0 Å². The molecule has 0 saturated carbocycles. The maximum Gasteiger partial charge on any atom is 0.435 e. The first-order chi connectivity index (χ1) is 5.59. The van der Waals surface area contributed by atoms with Gasteiger partial charge in [0.1, 0.15) is 0 Å². The van der Waals surface area contributed by atoms with Crippen molar-refractivity contribution in [2.24, 2.45) is 11.8 Å². The predicted octanol–water partition coefficient (Wildman–Crippen LogP) is 1.50. The standard InChI is InChI=1S/C9H19BO2/c1-7(2)9(8(3)4)5-6-12-10-11/h5,7-8,10-11H,6H2,1-4H3. The second kappa shape index (κ2) is 6.26. The molecule has 0 unspecified atom stereocenters. The zero-order valence-corrected chi connectivity index (χ0v) is 8.50. The topological polar surface area (TPSA) is 29.5 Å². The number of hydrogen-bond donors (Lipinski definition) is 1. The Morgan fingerprint density at radius 1 is 1.33 bits per heavy atom. The Labute approximate surface area is 75.9 Å². The monoisotopic (exact) mass is 170 g/mol. The van der Waals surface area contributed by atoms with Crippen LogP contribution in [0.1, 0.15) is 27.7 Å². The molecule has 0 bridgehead atoms. The van der Waals surface area contributed by atoms with E-state index in [0.29, 0.717) is 18.4 Å². The van der Waals surface area contributed by atoms with Gasteiger partial charge in [0.2, 0.25) is 0 Å². The molecule has 0 saturated heterocycles. The molecule has 0 rings (SSSR count). The number of hydrogen-bond acceptors (Lipinski definition) is 2. The lowest BCUT2D eigenvalue weighted by molar-refractivity contribution is 0.318. The number of rotatable bonds is 5. The van der Waals surface area contributed by atoms with Crippen molar-refractivity contribution in [3.8, 4) is 0 Å². The first-order valence-corrected chi connectivity index (χ1v) is 4.48. The molecule has 0 aromatic rings. The Morgan fingerprint density at radius 2 is 1.83 bits per heavy atom. The van der Waals surface area contributed by atoms with Crippen molar-refractivity contribution < 1.29 is 9.68 Å². The summed E-state index contributed by atoms with van der Waals surface area (Å²) < 4.78 is 4.84. The second-order valence-electron chi connectivity index (χ2n) is 3.51. The fraction of sp³-hybridized carbons (Fsp3) is 0.778. The molecule has 0 fully saturated rings. The van der Waals surface area contributed by atoms with Gasteiger partial charge in [-0.1, -0.05) is 39.3 Å². The summed E-state index contributed by atoms with van der Waals surface area (Å²) in [7, 11) is -0.194. The summed E-state index contributed by atoms with van der Waals surface area (Å²) in [5, 5.41) is 8.40.